The van der Waals surface area contributed by atoms with Gasteiger partial charge in [-0.25, -0.2) is 4.39 Å². The van der Waals surface area contributed by atoms with Gasteiger partial charge < -0.3 is 10.1 Å². The summed E-state index contributed by atoms with van der Waals surface area (Å²) in [7, 11) is 1.87. The van der Waals surface area contributed by atoms with Crippen molar-refractivity contribution in [2.75, 3.05) is 7.05 Å². The number of rotatable bonds is 4. The van der Waals surface area contributed by atoms with Gasteiger partial charge in [-0.05, 0) is 45.7 Å². The Hall–Kier alpha value is -1.09. The SMILES string of the molecule is CNC(C)c1cccc(F)c1OC1CCCC1. The zero-order valence-corrected chi connectivity index (χ0v) is 10.5. The van der Waals surface area contributed by atoms with Crippen molar-refractivity contribution in [3.05, 3.63) is 29.6 Å². The molecule has 1 fully saturated rings. The first-order chi connectivity index (χ1) is 8.22. The van der Waals surface area contributed by atoms with Crippen molar-refractivity contribution in [3.8, 4) is 5.75 Å². The summed E-state index contributed by atoms with van der Waals surface area (Å²) in [6.07, 6.45) is 4.66. The molecule has 2 nitrogen and oxygen atoms in total. The molecule has 0 radical (unpaired) electrons. The van der Waals surface area contributed by atoms with Crippen molar-refractivity contribution in [1.29, 1.82) is 0 Å². The van der Waals surface area contributed by atoms with Crippen LogP contribution >= 0.6 is 0 Å². The number of ether oxygens (including phenoxy) is 1. The molecule has 3 heteroatoms. The van der Waals surface area contributed by atoms with E-state index in [-0.39, 0.29) is 18.0 Å². The number of benzene rings is 1. The van der Waals surface area contributed by atoms with Gasteiger partial charge in [-0.15, -0.1) is 0 Å². The predicted molar refractivity (Wildman–Crippen MR) is 66.8 cm³/mol. The summed E-state index contributed by atoms with van der Waals surface area (Å²) in [5.41, 5.74) is 0.902. The van der Waals surface area contributed by atoms with E-state index in [9.17, 15) is 4.39 Å². The van der Waals surface area contributed by atoms with Crippen LogP contribution in [0, 0.1) is 5.82 Å². The molecule has 1 aromatic rings. The van der Waals surface area contributed by atoms with E-state index >= 15 is 0 Å². The molecular formula is C14H20FNO. The molecule has 0 heterocycles. The minimum atomic E-state index is -0.253. The molecule has 1 aromatic carbocycles. The van der Waals surface area contributed by atoms with Gasteiger partial charge in [0, 0.05) is 11.6 Å². The number of hydrogen-bond donors (Lipinski definition) is 1. The maximum Gasteiger partial charge on any atom is 0.165 e. The van der Waals surface area contributed by atoms with Gasteiger partial charge in [0.15, 0.2) is 11.6 Å². The van der Waals surface area contributed by atoms with E-state index in [1.165, 1.54) is 18.9 Å². The lowest BCUT2D eigenvalue weighted by atomic mass is 10.1. The van der Waals surface area contributed by atoms with Gasteiger partial charge >= 0.3 is 0 Å². The fourth-order valence-electron chi connectivity index (χ4n) is 2.32. The summed E-state index contributed by atoms with van der Waals surface area (Å²) >= 11 is 0. The number of para-hydroxylation sites is 1. The summed E-state index contributed by atoms with van der Waals surface area (Å²) in [5, 5.41) is 3.13. The largest absolute Gasteiger partial charge is 0.487 e. The fourth-order valence-corrected chi connectivity index (χ4v) is 2.32. The van der Waals surface area contributed by atoms with E-state index in [0.717, 1.165) is 18.4 Å². The summed E-state index contributed by atoms with van der Waals surface area (Å²) in [6.45, 7) is 2.01. The van der Waals surface area contributed by atoms with Crippen molar-refractivity contribution >= 4 is 0 Å². The summed E-state index contributed by atoms with van der Waals surface area (Å²) in [5.74, 6) is 0.178. The topological polar surface area (TPSA) is 21.3 Å². The molecule has 1 aliphatic carbocycles. The minimum absolute atomic E-state index is 0.0992. The molecule has 0 saturated heterocycles. The first-order valence-corrected chi connectivity index (χ1v) is 6.34. The lowest BCUT2D eigenvalue weighted by Crippen LogP contribution is -2.18. The van der Waals surface area contributed by atoms with Gasteiger partial charge in [0.05, 0.1) is 6.10 Å². The van der Waals surface area contributed by atoms with Crippen LogP contribution in [0.2, 0.25) is 0 Å². The van der Waals surface area contributed by atoms with Crippen molar-refractivity contribution in [3.63, 3.8) is 0 Å². The first kappa shape index (κ1) is 12.4. The zero-order chi connectivity index (χ0) is 12.3. The third-order valence-corrected chi connectivity index (χ3v) is 3.48. The molecular weight excluding hydrogens is 217 g/mol. The molecule has 0 aromatic heterocycles. The summed E-state index contributed by atoms with van der Waals surface area (Å²) in [6, 6.07) is 5.23. The highest BCUT2D eigenvalue weighted by molar-refractivity contribution is 5.37. The van der Waals surface area contributed by atoms with Gasteiger partial charge in [-0.3, -0.25) is 0 Å². The zero-order valence-electron chi connectivity index (χ0n) is 10.5. The average molecular weight is 237 g/mol. The highest BCUT2D eigenvalue weighted by atomic mass is 19.1. The number of halogens is 1. The van der Waals surface area contributed by atoms with E-state index < -0.39 is 0 Å². The molecule has 1 aliphatic rings. The Morgan fingerprint density at radius 2 is 2.06 bits per heavy atom. The average Bonchev–Trinajstić information content (AvgIpc) is 2.83. The van der Waals surface area contributed by atoms with Crippen molar-refractivity contribution in [2.45, 2.75) is 44.8 Å². The van der Waals surface area contributed by atoms with Crippen LogP contribution in [-0.4, -0.2) is 13.2 Å². The fraction of sp³-hybridized carbons (Fsp3) is 0.571. The second-order valence-electron chi connectivity index (χ2n) is 4.69. The molecule has 17 heavy (non-hydrogen) atoms. The molecule has 2 rings (SSSR count). The van der Waals surface area contributed by atoms with Crippen LogP contribution in [0.15, 0.2) is 18.2 Å². The van der Waals surface area contributed by atoms with Gasteiger partial charge in [0.2, 0.25) is 0 Å². The molecule has 0 aliphatic heterocycles. The smallest absolute Gasteiger partial charge is 0.165 e. The van der Waals surface area contributed by atoms with Crippen LogP contribution in [-0.2, 0) is 0 Å². The van der Waals surface area contributed by atoms with E-state index in [0.29, 0.717) is 5.75 Å². The van der Waals surface area contributed by atoms with Gasteiger partial charge in [0.25, 0.3) is 0 Å². The second-order valence-corrected chi connectivity index (χ2v) is 4.69. The van der Waals surface area contributed by atoms with Crippen LogP contribution in [0.3, 0.4) is 0 Å². The Balaban J connectivity index is 2.23. The van der Waals surface area contributed by atoms with E-state index in [1.54, 1.807) is 6.07 Å². The summed E-state index contributed by atoms with van der Waals surface area (Å²) < 4.78 is 19.7. The van der Waals surface area contributed by atoms with Gasteiger partial charge in [0.1, 0.15) is 0 Å². The van der Waals surface area contributed by atoms with Gasteiger partial charge in [-0.2, -0.15) is 0 Å². The number of nitrogens with one attached hydrogen (secondary N) is 1. The Morgan fingerprint density at radius 1 is 1.35 bits per heavy atom. The van der Waals surface area contributed by atoms with Crippen LogP contribution < -0.4 is 10.1 Å². The van der Waals surface area contributed by atoms with Crippen LogP contribution in [0.1, 0.15) is 44.2 Å². The van der Waals surface area contributed by atoms with Crippen molar-refractivity contribution in [1.82, 2.24) is 5.32 Å². The standard InChI is InChI=1S/C14H20FNO/c1-10(16-2)12-8-5-9-13(15)14(12)17-11-6-3-4-7-11/h5,8-11,16H,3-4,6-7H2,1-2H3. The van der Waals surface area contributed by atoms with Crippen molar-refractivity contribution in [2.24, 2.45) is 0 Å². The maximum absolute atomic E-state index is 13.8. The summed E-state index contributed by atoms with van der Waals surface area (Å²) in [4.78, 5) is 0. The minimum Gasteiger partial charge on any atom is -0.487 e. The highest BCUT2D eigenvalue weighted by Crippen LogP contribution is 2.32. The highest BCUT2D eigenvalue weighted by Gasteiger charge is 2.21. The third-order valence-electron chi connectivity index (χ3n) is 3.48. The molecule has 1 saturated carbocycles. The Bertz CT molecular complexity index is 374. The molecule has 94 valence electrons. The quantitative estimate of drug-likeness (QED) is 0.866. The first-order valence-electron chi connectivity index (χ1n) is 6.34. The molecule has 0 bridgehead atoms. The third kappa shape index (κ3) is 2.78. The lowest BCUT2D eigenvalue weighted by molar-refractivity contribution is 0.197. The second kappa shape index (κ2) is 5.50. The lowest BCUT2D eigenvalue weighted by Gasteiger charge is -2.20. The molecule has 0 spiro atoms. The normalized spacial score (nSPS) is 18.3. The van der Waals surface area contributed by atoms with E-state index in [4.69, 9.17) is 4.74 Å². The Morgan fingerprint density at radius 3 is 2.71 bits per heavy atom. The Labute approximate surface area is 102 Å². The molecule has 1 N–H and O–H groups in total. The van der Waals surface area contributed by atoms with E-state index in [2.05, 4.69) is 5.32 Å². The maximum atomic E-state index is 13.8. The van der Waals surface area contributed by atoms with Gasteiger partial charge in [-0.1, -0.05) is 12.1 Å². The Kier molecular flexibility index (Phi) is 4.00. The van der Waals surface area contributed by atoms with Crippen LogP contribution in [0.25, 0.3) is 0 Å². The predicted octanol–water partition coefficient (Wildman–Crippen LogP) is 3.43. The number of hydrogen-bond acceptors (Lipinski definition) is 2. The van der Waals surface area contributed by atoms with E-state index in [1.807, 2.05) is 20.0 Å². The van der Waals surface area contributed by atoms with Crippen LogP contribution in [0.5, 0.6) is 5.75 Å². The monoisotopic (exact) mass is 237 g/mol. The molecule has 0 amide bonds. The van der Waals surface area contributed by atoms with Crippen LogP contribution in [0.4, 0.5) is 4.39 Å². The molecule has 1 unspecified atom stereocenters. The molecule has 1 atom stereocenters. The van der Waals surface area contributed by atoms with Crippen molar-refractivity contribution < 1.29 is 9.13 Å².